The Bertz CT molecular complexity index is 438. The van der Waals surface area contributed by atoms with Crippen LogP contribution in [0.3, 0.4) is 0 Å². The van der Waals surface area contributed by atoms with Crippen molar-refractivity contribution in [2.24, 2.45) is 0 Å². The molecular formula is C16H26N2O2. The van der Waals surface area contributed by atoms with E-state index in [0.29, 0.717) is 6.54 Å². The number of carbonyl (C=O) groups excluding carboxylic acids is 1. The van der Waals surface area contributed by atoms with Crippen LogP contribution < -0.4 is 15.4 Å². The zero-order valence-electron chi connectivity index (χ0n) is 13.1. The third-order valence-corrected chi connectivity index (χ3v) is 2.91. The predicted molar refractivity (Wildman–Crippen MR) is 82.1 cm³/mol. The van der Waals surface area contributed by atoms with Gasteiger partial charge in [0.25, 0.3) is 0 Å². The van der Waals surface area contributed by atoms with E-state index in [1.165, 1.54) is 0 Å². The maximum absolute atomic E-state index is 11.8. The van der Waals surface area contributed by atoms with Crippen molar-refractivity contribution < 1.29 is 9.53 Å². The summed E-state index contributed by atoms with van der Waals surface area (Å²) in [6.45, 7) is 8.46. The smallest absolute Gasteiger partial charge is 0.234 e. The predicted octanol–water partition coefficient (Wildman–Crippen LogP) is 2.13. The molecule has 0 aliphatic carbocycles. The monoisotopic (exact) mass is 278 g/mol. The summed E-state index contributed by atoms with van der Waals surface area (Å²) in [5.74, 6) is 0.878. The maximum Gasteiger partial charge on any atom is 0.234 e. The van der Waals surface area contributed by atoms with Gasteiger partial charge in [0.05, 0.1) is 13.7 Å². The van der Waals surface area contributed by atoms with Gasteiger partial charge in [-0.05, 0) is 45.7 Å². The lowest BCUT2D eigenvalue weighted by molar-refractivity contribution is -0.121. The Morgan fingerprint density at radius 1 is 1.30 bits per heavy atom. The van der Waals surface area contributed by atoms with Gasteiger partial charge in [-0.25, -0.2) is 0 Å². The Kier molecular flexibility index (Phi) is 6.02. The second-order valence-corrected chi connectivity index (χ2v) is 6.09. The molecular weight excluding hydrogens is 252 g/mol. The van der Waals surface area contributed by atoms with Gasteiger partial charge in [0.1, 0.15) is 5.75 Å². The molecule has 1 rings (SSSR count). The molecule has 0 heterocycles. The lowest BCUT2D eigenvalue weighted by atomic mass is 10.1. The fourth-order valence-electron chi connectivity index (χ4n) is 1.92. The summed E-state index contributed by atoms with van der Waals surface area (Å²) < 4.78 is 5.32. The fraction of sp³-hybridized carbons (Fsp3) is 0.562. The third kappa shape index (κ3) is 6.06. The summed E-state index contributed by atoms with van der Waals surface area (Å²) in [5.41, 5.74) is 1.05. The SMILES string of the molecule is COc1ccccc1CC(C)NC(=O)CNC(C)(C)C. The van der Waals surface area contributed by atoms with Crippen molar-refractivity contribution in [2.75, 3.05) is 13.7 Å². The van der Waals surface area contributed by atoms with Gasteiger partial charge in [-0.1, -0.05) is 18.2 Å². The van der Waals surface area contributed by atoms with E-state index in [-0.39, 0.29) is 17.5 Å². The van der Waals surface area contributed by atoms with Crippen LogP contribution in [0.4, 0.5) is 0 Å². The van der Waals surface area contributed by atoms with E-state index < -0.39 is 0 Å². The molecule has 1 atom stereocenters. The Morgan fingerprint density at radius 3 is 2.55 bits per heavy atom. The molecule has 4 nitrogen and oxygen atoms in total. The maximum atomic E-state index is 11.8. The van der Waals surface area contributed by atoms with Gasteiger partial charge >= 0.3 is 0 Å². The van der Waals surface area contributed by atoms with Crippen molar-refractivity contribution in [3.63, 3.8) is 0 Å². The molecule has 0 spiro atoms. The minimum atomic E-state index is -0.0524. The number of benzene rings is 1. The van der Waals surface area contributed by atoms with E-state index in [9.17, 15) is 4.79 Å². The summed E-state index contributed by atoms with van der Waals surface area (Å²) >= 11 is 0. The molecule has 0 fully saturated rings. The van der Waals surface area contributed by atoms with Crippen LogP contribution in [0.5, 0.6) is 5.75 Å². The van der Waals surface area contributed by atoms with Crippen LogP contribution in [0, 0.1) is 0 Å². The highest BCUT2D eigenvalue weighted by Gasteiger charge is 2.14. The van der Waals surface area contributed by atoms with Crippen LogP contribution in [0.2, 0.25) is 0 Å². The fourth-order valence-corrected chi connectivity index (χ4v) is 1.92. The van der Waals surface area contributed by atoms with E-state index in [4.69, 9.17) is 4.74 Å². The Hall–Kier alpha value is -1.55. The first-order valence-corrected chi connectivity index (χ1v) is 6.98. The number of hydrogen-bond acceptors (Lipinski definition) is 3. The number of carbonyl (C=O) groups is 1. The van der Waals surface area contributed by atoms with Crippen LogP contribution in [-0.4, -0.2) is 31.1 Å². The molecule has 1 amide bonds. The number of amides is 1. The van der Waals surface area contributed by atoms with Gasteiger partial charge in [0.2, 0.25) is 5.91 Å². The summed E-state index contributed by atoms with van der Waals surface area (Å²) in [6.07, 6.45) is 0.755. The number of para-hydroxylation sites is 1. The highest BCUT2D eigenvalue weighted by atomic mass is 16.5. The molecule has 0 aliphatic heterocycles. The van der Waals surface area contributed by atoms with Crippen molar-refractivity contribution in [3.05, 3.63) is 29.8 Å². The first-order valence-electron chi connectivity index (χ1n) is 6.98. The lowest BCUT2D eigenvalue weighted by Crippen LogP contribution is -2.45. The van der Waals surface area contributed by atoms with E-state index >= 15 is 0 Å². The van der Waals surface area contributed by atoms with Crippen LogP contribution >= 0.6 is 0 Å². The van der Waals surface area contributed by atoms with Gasteiger partial charge in [0.15, 0.2) is 0 Å². The molecule has 0 saturated heterocycles. The van der Waals surface area contributed by atoms with Crippen LogP contribution in [0.15, 0.2) is 24.3 Å². The van der Waals surface area contributed by atoms with Gasteiger partial charge in [-0.2, -0.15) is 0 Å². The number of hydrogen-bond donors (Lipinski definition) is 2. The lowest BCUT2D eigenvalue weighted by Gasteiger charge is -2.21. The Balaban J connectivity index is 2.47. The van der Waals surface area contributed by atoms with Crippen molar-refractivity contribution in [3.8, 4) is 5.75 Å². The molecule has 2 N–H and O–H groups in total. The highest BCUT2D eigenvalue weighted by Crippen LogP contribution is 2.18. The second kappa shape index (κ2) is 7.29. The molecule has 1 aromatic carbocycles. The molecule has 0 aliphatic rings. The molecule has 112 valence electrons. The standard InChI is InChI=1S/C16H26N2O2/c1-12(18-15(19)11-17-16(2,3)4)10-13-8-6-7-9-14(13)20-5/h6-9,12,17H,10-11H2,1-5H3,(H,18,19). The number of rotatable bonds is 6. The highest BCUT2D eigenvalue weighted by molar-refractivity contribution is 5.78. The molecule has 1 aromatic rings. The molecule has 0 radical (unpaired) electrons. The molecule has 1 unspecified atom stereocenters. The minimum absolute atomic E-state index is 0.0160. The van der Waals surface area contributed by atoms with E-state index in [1.54, 1.807) is 7.11 Å². The molecule has 20 heavy (non-hydrogen) atoms. The molecule has 0 saturated carbocycles. The van der Waals surface area contributed by atoms with E-state index in [0.717, 1.165) is 17.7 Å². The third-order valence-electron chi connectivity index (χ3n) is 2.91. The van der Waals surface area contributed by atoms with Crippen molar-refractivity contribution in [2.45, 2.75) is 45.7 Å². The summed E-state index contributed by atoms with van der Waals surface area (Å²) in [5, 5.41) is 6.17. The molecule has 4 heteroatoms. The first-order chi connectivity index (χ1) is 9.31. The first kappa shape index (κ1) is 16.5. The average Bonchev–Trinajstić information content (AvgIpc) is 2.36. The van der Waals surface area contributed by atoms with Crippen LogP contribution in [0.1, 0.15) is 33.3 Å². The second-order valence-electron chi connectivity index (χ2n) is 6.09. The van der Waals surface area contributed by atoms with Gasteiger partial charge in [-0.3, -0.25) is 4.79 Å². The summed E-state index contributed by atoms with van der Waals surface area (Å²) in [7, 11) is 1.66. The normalized spacial score (nSPS) is 12.8. The van der Waals surface area contributed by atoms with E-state index in [1.807, 2.05) is 52.0 Å². The molecule has 0 aromatic heterocycles. The van der Waals surface area contributed by atoms with Gasteiger partial charge in [0, 0.05) is 11.6 Å². The average molecular weight is 278 g/mol. The van der Waals surface area contributed by atoms with Crippen LogP contribution in [-0.2, 0) is 11.2 Å². The van der Waals surface area contributed by atoms with Crippen LogP contribution in [0.25, 0.3) is 0 Å². The number of ether oxygens (including phenoxy) is 1. The largest absolute Gasteiger partial charge is 0.496 e. The topological polar surface area (TPSA) is 50.4 Å². The number of methoxy groups -OCH3 is 1. The number of nitrogens with one attached hydrogen (secondary N) is 2. The van der Waals surface area contributed by atoms with E-state index in [2.05, 4.69) is 10.6 Å². The summed E-state index contributed by atoms with van der Waals surface area (Å²) in [6, 6.07) is 7.95. The Labute approximate surface area is 121 Å². The Morgan fingerprint density at radius 2 is 1.95 bits per heavy atom. The van der Waals surface area contributed by atoms with Crippen molar-refractivity contribution >= 4 is 5.91 Å². The van der Waals surface area contributed by atoms with Crippen molar-refractivity contribution in [1.29, 1.82) is 0 Å². The van der Waals surface area contributed by atoms with Gasteiger partial charge in [-0.15, -0.1) is 0 Å². The minimum Gasteiger partial charge on any atom is -0.496 e. The van der Waals surface area contributed by atoms with Crippen molar-refractivity contribution in [1.82, 2.24) is 10.6 Å². The zero-order valence-corrected chi connectivity index (χ0v) is 13.1. The van der Waals surface area contributed by atoms with Gasteiger partial charge < -0.3 is 15.4 Å². The zero-order chi connectivity index (χ0) is 15.2. The summed E-state index contributed by atoms with van der Waals surface area (Å²) in [4.78, 5) is 11.8. The molecule has 0 bridgehead atoms. The quantitative estimate of drug-likeness (QED) is 0.838.